The number of hydrogen-bond donors (Lipinski definition) is 2. The minimum atomic E-state index is -0.430. The third kappa shape index (κ3) is 5.95. The van der Waals surface area contributed by atoms with Crippen molar-refractivity contribution in [1.29, 1.82) is 0 Å². The maximum atomic E-state index is 13.3. The Morgan fingerprint density at radius 2 is 1.22 bits per heavy atom. The maximum absolute atomic E-state index is 13.3. The first-order chi connectivity index (χ1) is 26.1. The van der Waals surface area contributed by atoms with E-state index in [2.05, 4.69) is 41.6 Å². The van der Waals surface area contributed by atoms with Crippen LogP contribution in [0.2, 0.25) is 0 Å². The van der Waals surface area contributed by atoms with Gasteiger partial charge in [0.15, 0.2) is 0 Å². The van der Waals surface area contributed by atoms with E-state index in [0.29, 0.717) is 0 Å². The number of aliphatic hydroxyl groups excluding tert-OH is 2. The van der Waals surface area contributed by atoms with Gasteiger partial charge in [-0.25, -0.2) is 18.1 Å². The van der Waals surface area contributed by atoms with Crippen LogP contribution in [0.15, 0.2) is 106 Å². The molecule has 54 heavy (non-hydrogen) atoms. The summed E-state index contributed by atoms with van der Waals surface area (Å²) in [6.45, 7) is 4.57. The van der Waals surface area contributed by atoms with Crippen molar-refractivity contribution in [2.75, 3.05) is 0 Å². The fraction of sp³-hybridized carbons (Fsp3) is 0.318. The van der Waals surface area contributed by atoms with Gasteiger partial charge in [0.05, 0.1) is 47.4 Å². The lowest BCUT2D eigenvalue weighted by molar-refractivity contribution is 0.0559. The Hall–Kier alpha value is -4.48. The molecule has 0 bridgehead atoms. The van der Waals surface area contributed by atoms with Crippen LogP contribution in [-0.4, -0.2) is 29.8 Å². The Morgan fingerprint density at radius 1 is 0.704 bits per heavy atom. The predicted octanol–water partition coefficient (Wildman–Crippen LogP) is 10.3. The van der Waals surface area contributed by atoms with Crippen molar-refractivity contribution < 1.29 is 19.0 Å². The molecule has 6 nitrogen and oxygen atoms in total. The zero-order valence-electron chi connectivity index (χ0n) is 30.2. The van der Waals surface area contributed by atoms with E-state index in [1.165, 1.54) is 46.5 Å². The van der Waals surface area contributed by atoms with Crippen molar-refractivity contribution >= 4 is 34.8 Å². The second-order valence-corrected chi connectivity index (χ2v) is 17.4. The Bertz CT molecular complexity index is 2180. The van der Waals surface area contributed by atoms with Gasteiger partial charge in [-0.2, -0.15) is 21.5 Å². The topological polar surface area (TPSA) is 76.1 Å². The van der Waals surface area contributed by atoms with Gasteiger partial charge in [-0.05, 0) is 167 Å². The maximum Gasteiger partial charge on any atom is 0.123 e. The van der Waals surface area contributed by atoms with Crippen molar-refractivity contribution in [3.8, 4) is 11.4 Å². The molecule has 0 unspecified atom stereocenters. The molecule has 4 aliphatic rings. The molecule has 2 aromatic carbocycles. The van der Waals surface area contributed by atoms with E-state index in [4.69, 9.17) is 0 Å². The largest absolute Gasteiger partial charge is 0.388 e. The molecule has 0 radical (unpaired) electrons. The number of halogens is 2. The fourth-order valence-corrected chi connectivity index (χ4v) is 11.1. The number of fused-ring (bicyclic) bond motifs is 4. The molecule has 276 valence electrons. The number of aromatic nitrogens is 4. The normalized spacial score (nSPS) is 25.0. The van der Waals surface area contributed by atoms with Gasteiger partial charge >= 0.3 is 0 Å². The van der Waals surface area contributed by atoms with Crippen molar-refractivity contribution in [1.82, 2.24) is 19.6 Å². The number of rotatable bonds is 6. The van der Waals surface area contributed by atoms with Gasteiger partial charge in [-0.15, -0.1) is 11.3 Å². The lowest BCUT2D eigenvalue weighted by Crippen LogP contribution is -2.32. The molecule has 4 aromatic heterocycles. The molecule has 0 amide bonds. The summed E-state index contributed by atoms with van der Waals surface area (Å²) in [6, 6.07) is 18.9. The zero-order chi connectivity index (χ0) is 37.2. The van der Waals surface area contributed by atoms with Gasteiger partial charge in [0, 0.05) is 4.88 Å². The van der Waals surface area contributed by atoms with E-state index in [1.54, 1.807) is 46.9 Å². The molecule has 0 spiro atoms. The molecule has 2 saturated carbocycles. The molecule has 10 rings (SSSR count). The van der Waals surface area contributed by atoms with E-state index < -0.39 is 12.2 Å². The van der Waals surface area contributed by atoms with Crippen LogP contribution >= 0.6 is 22.7 Å². The Balaban J connectivity index is 0.000000142. The number of nitrogens with zero attached hydrogens (tertiary/aromatic N) is 4. The van der Waals surface area contributed by atoms with Crippen LogP contribution in [0, 0.1) is 34.3 Å². The SMILES string of the molecule is C[C@]12Cc3cnn(-c4ccc(F)cc4)c3C=C1CC[C@@H]2[C@@H](O)c1cccs1.C[C@]12Cc3cnn(-c4ccc(F)cc4)c3C=C1CC[C@@H]2[C@H](O)c1ccsc1. The van der Waals surface area contributed by atoms with Crippen LogP contribution in [0.4, 0.5) is 8.78 Å². The van der Waals surface area contributed by atoms with Gasteiger partial charge in [0.1, 0.15) is 11.6 Å². The van der Waals surface area contributed by atoms with Gasteiger partial charge in [0.2, 0.25) is 0 Å². The summed E-state index contributed by atoms with van der Waals surface area (Å²) in [4.78, 5) is 1.05. The van der Waals surface area contributed by atoms with Gasteiger partial charge in [0.25, 0.3) is 0 Å². The molecule has 0 aliphatic heterocycles. The minimum absolute atomic E-state index is 0.0485. The lowest BCUT2D eigenvalue weighted by atomic mass is 9.67. The third-order valence-corrected chi connectivity index (χ3v) is 14.3. The first-order valence-corrected chi connectivity index (χ1v) is 20.4. The lowest BCUT2D eigenvalue weighted by Gasteiger charge is -2.38. The number of aliphatic hydroxyl groups is 2. The van der Waals surface area contributed by atoms with Crippen molar-refractivity contribution in [2.24, 2.45) is 22.7 Å². The summed E-state index contributed by atoms with van der Waals surface area (Å²) in [6.07, 6.45) is 13.2. The quantitative estimate of drug-likeness (QED) is 0.177. The average Bonchev–Trinajstić information content (AvgIpc) is 4.02. The van der Waals surface area contributed by atoms with Gasteiger partial charge in [-0.3, -0.25) is 0 Å². The van der Waals surface area contributed by atoms with E-state index in [1.807, 2.05) is 50.7 Å². The van der Waals surface area contributed by atoms with Crippen LogP contribution in [0.25, 0.3) is 23.5 Å². The molecule has 4 aliphatic carbocycles. The Kier molecular flexibility index (Phi) is 8.92. The Morgan fingerprint density at radius 3 is 1.69 bits per heavy atom. The van der Waals surface area contributed by atoms with Crippen molar-refractivity contribution in [3.05, 3.63) is 151 Å². The minimum Gasteiger partial charge on any atom is -0.388 e. The number of hydrogen-bond acceptors (Lipinski definition) is 6. The highest BCUT2D eigenvalue weighted by Crippen LogP contribution is 2.58. The molecular formula is C44H42F2N4O2S2. The number of thiophene rings is 2. The van der Waals surface area contributed by atoms with Crippen molar-refractivity contribution in [3.63, 3.8) is 0 Å². The summed E-state index contributed by atoms with van der Waals surface area (Å²) in [5.74, 6) is -0.0657. The van der Waals surface area contributed by atoms with Crippen LogP contribution in [0.1, 0.15) is 84.7 Å². The fourth-order valence-electron chi connectivity index (χ4n) is 9.68. The molecule has 6 atom stereocenters. The van der Waals surface area contributed by atoms with Gasteiger partial charge in [-0.1, -0.05) is 31.1 Å². The van der Waals surface area contributed by atoms with E-state index >= 15 is 0 Å². The summed E-state index contributed by atoms with van der Waals surface area (Å²) in [5, 5.41) is 37.2. The zero-order valence-corrected chi connectivity index (χ0v) is 31.8. The monoisotopic (exact) mass is 760 g/mol. The summed E-state index contributed by atoms with van der Waals surface area (Å²) >= 11 is 3.26. The standard InChI is InChI=1S/2C22H21FN2OS/c1-22-11-15-12-24-25(18-5-3-17(23)4-6-18)20(15)10-16(22)2-7-19(22)21(26)14-8-9-27-13-14;1-22-12-14-13-24-25(17-7-5-16(23)6-8-17)19(14)11-15(22)4-9-18(22)21(26)20-3-2-10-27-20/h3-6,8-10,12-13,19,21,26H,2,7,11H2,1H3;2-3,5-8,10-11,13,18,21,26H,4,9,12H2,1H3/t19-,21-,22+;18-,21-,22+/m11/s1. The van der Waals surface area contributed by atoms with Crippen LogP contribution < -0.4 is 0 Å². The average molecular weight is 761 g/mol. The number of allylic oxidation sites excluding steroid dienone is 2. The molecule has 0 saturated heterocycles. The Labute approximate surface area is 321 Å². The molecule has 4 heterocycles. The smallest absolute Gasteiger partial charge is 0.123 e. The molecule has 10 heteroatoms. The first kappa shape index (κ1) is 35.2. The highest BCUT2D eigenvalue weighted by molar-refractivity contribution is 7.10. The molecular weight excluding hydrogens is 719 g/mol. The molecule has 6 aromatic rings. The second kappa shape index (κ2) is 13.7. The number of benzene rings is 2. The highest BCUT2D eigenvalue weighted by atomic mass is 32.1. The van der Waals surface area contributed by atoms with E-state index in [9.17, 15) is 19.0 Å². The van der Waals surface area contributed by atoms with Crippen molar-refractivity contribution in [2.45, 2.75) is 64.6 Å². The second-order valence-electron chi connectivity index (χ2n) is 15.7. The summed E-state index contributed by atoms with van der Waals surface area (Å²) in [7, 11) is 0. The summed E-state index contributed by atoms with van der Waals surface area (Å²) in [5.41, 5.74) is 9.99. The van der Waals surface area contributed by atoms with E-state index in [0.717, 1.165) is 71.7 Å². The highest BCUT2D eigenvalue weighted by Gasteiger charge is 2.50. The molecule has 2 N–H and O–H groups in total. The van der Waals surface area contributed by atoms with Crippen LogP contribution in [0.5, 0.6) is 0 Å². The first-order valence-electron chi connectivity index (χ1n) is 18.6. The third-order valence-electron chi connectivity index (χ3n) is 12.7. The molecule has 2 fully saturated rings. The summed E-state index contributed by atoms with van der Waals surface area (Å²) < 4.78 is 30.3. The van der Waals surface area contributed by atoms with Crippen LogP contribution in [0.3, 0.4) is 0 Å². The van der Waals surface area contributed by atoms with Gasteiger partial charge < -0.3 is 10.2 Å². The van der Waals surface area contributed by atoms with E-state index in [-0.39, 0.29) is 34.3 Å². The predicted molar refractivity (Wildman–Crippen MR) is 211 cm³/mol. The van der Waals surface area contributed by atoms with Crippen LogP contribution in [-0.2, 0) is 12.8 Å².